The molecule has 3 rings (SSSR count). The summed E-state index contributed by atoms with van der Waals surface area (Å²) < 4.78 is 5.18. The van der Waals surface area contributed by atoms with Crippen LogP contribution in [0.15, 0.2) is 36.5 Å². The van der Waals surface area contributed by atoms with Gasteiger partial charge in [0, 0.05) is 12.7 Å². The highest BCUT2D eigenvalue weighted by molar-refractivity contribution is 5.94. The summed E-state index contributed by atoms with van der Waals surface area (Å²) >= 11 is 0. The molecule has 0 saturated carbocycles. The molecule has 1 aliphatic heterocycles. The van der Waals surface area contributed by atoms with Crippen molar-refractivity contribution in [1.82, 2.24) is 9.88 Å². The quantitative estimate of drug-likeness (QED) is 0.907. The lowest BCUT2D eigenvalue weighted by Crippen LogP contribution is -2.48. The van der Waals surface area contributed by atoms with Gasteiger partial charge < -0.3 is 19.7 Å². The first kappa shape index (κ1) is 16.6. The summed E-state index contributed by atoms with van der Waals surface area (Å²) in [5, 5.41) is 11.2. The molecule has 0 aliphatic carbocycles. The fraction of sp³-hybridized carbons (Fsp3) is 0.421. The molecule has 1 aromatic carbocycles. The van der Waals surface area contributed by atoms with Gasteiger partial charge in [0.2, 0.25) is 0 Å². The maximum atomic E-state index is 12.9. The maximum absolute atomic E-state index is 12.9. The normalized spacial score (nSPS) is 20.0. The number of H-pyrrole nitrogens is 1. The number of carbonyl (C=O) groups is 1. The number of nitrogens with one attached hydrogen (secondary N) is 1. The Kier molecular flexibility index (Phi) is 4.37. The number of aliphatic hydroxyl groups is 1. The van der Waals surface area contributed by atoms with E-state index in [1.54, 1.807) is 25.1 Å². The van der Waals surface area contributed by atoms with E-state index in [1.165, 1.54) is 0 Å². The van der Waals surface area contributed by atoms with Crippen LogP contribution in [-0.2, 0) is 5.60 Å². The molecular weight excluding hydrogens is 304 g/mol. The Morgan fingerprint density at radius 2 is 2.04 bits per heavy atom. The Morgan fingerprint density at radius 1 is 1.33 bits per heavy atom. The van der Waals surface area contributed by atoms with Gasteiger partial charge in [0.1, 0.15) is 17.0 Å². The van der Waals surface area contributed by atoms with E-state index in [0.29, 0.717) is 12.2 Å². The van der Waals surface area contributed by atoms with Crippen molar-refractivity contribution in [2.24, 2.45) is 0 Å². The van der Waals surface area contributed by atoms with E-state index in [4.69, 9.17) is 4.74 Å². The van der Waals surface area contributed by atoms with Crippen LogP contribution in [0.3, 0.4) is 0 Å². The highest BCUT2D eigenvalue weighted by Gasteiger charge is 2.43. The van der Waals surface area contributed by atoms with Crippen LogP contribution in [0.1, 0.15) is 41.4 Å². The van der Waals surface area contributed by atoms with Crippen LogP contribution in [0.25, 0.3) is 0 Å². The molecule has 0 spiro atoms. The molecule has 24 heavy (non-hydrogen) atoms. The van der Waals surface area contributed by atoms with Crippen molar-refractivity contribution >= 4 is 5.91 Å². The molecular formula is C19H24N2O3. The van der Waals surface area contributed by atoms with Crippen LogP contribution in [0.5, 0.6) is 5.75 Å². The topological polar surface area (TPSA) is 65.6 Å². The molecule has 5 nitrogen and oxygen atoms in total. The molecule has 0 bridgehead atoms. The number of nitrogens with zero attached hydrogens (tertiary/aromatic N) is 1. The van der Waals surface area contributed by atoms with Crippen LogP contribution in [0.2, 0.25) is 0 Å². The fourth-order valence-electron chi connectivity index (χ4n) is 3.54. The number of hydrogen-bond donors (Lipinski definition) is 2. The standard InChI is InChI=1S/C19H24N2O3/c1-13-10-11-20-17(13)18(22)21-12-4-5-16(21)19(2,23)14-6-8-15(24-3)9-7-14/h6-11,16,20,23H,4-5,12H2,1-3H3/t16-,19+/m0/s1. The summed E-state index contributed by atoms with van der Waals surface area (Å²) in [5.74, 6) is 0.699. The SMILES string of the molecule is COc1ccc([C@@](C)(O)[C@@H]2CCCN2C(=O)c2[nH]ccc2C)cc1. The van der Waals surface area contributed by atoms with Crippen LogP contribution in [0, 0.1) is 6.92 Å². The zero-order valence-electron chi connectivity index (χ0n) is 14.4. The molecule has 1 aliphatic rings. The summed E-state index contributed by atoms with van der Waals surface area (Å²) in [6.45, 7) is 4.36. The molecule has 2 aromatic rings. The Hall–Kier alpha value is -2.27. The smallest absolute Gasteiger partial charge is 0.270 e. The minimum atomic E-state index is -1.11. The predicted octanol–water partition coefficient (Wildman–Crippen LogP) is 2.84. The summed E-state index contributed by atoms with van der Waals surface area (Å²) in [7, 11) is 1.61. The van der Waals surface area contributed by atoms with Crippen molar-refractivity contribution in [3.05, 3.63) is 53.3 Å². The Balaban J connectivity index is 1.88. The summed E-state index contributed by atoms with van der Waals surface area (Å²) in [6, 6.07) is 9.03. The molecule has 0 radical (unpaired) electrons. The molecule has 0 unspecified atom stereocenters. The number of methoxy groups -OCH3 is 1. The Labute approximate surface area is 142 Å². The van der Waals surface area contributed by atoms with E-state index in [0.717, 1.165) is 29.7 Å². The zero-order valence-corrected chi connectivity index (χ0v) is 14.4. The Morgan fingerprint density at radius 3 is 2.62 bits per heavy atom. The highest BCUT2D eigenvalue weighted by Crippen LogP contribution is 2.36. The second kappa shape index (κ2) is 6.32. The van der Waals surface area contributed by atoms with Crippen LogP contribution in [-0.4, -0.2) is 40.6 Å². The number of hydrogen-bond acceptors (Lipinski definition) is 3. The first-order chi connectivity index (χ1) is 11.4. The Bertz CT molecular complexity index is 718. The molecule has 128 valence electrons. The largest absolute Gasteiger partial charge is 0.497 e. The minimum Gasteiger partial charge on any atom is -0.497 e. The lowest BCUT2D eigenvalue weighted by Gasteiger charge is -2.37. The zero-order chi connectivity index (χ0) is 17.3. The van der Waals surface area contributed by atoms with Crippen molar-refractivity contribution < 1.29 is 14.6 Å². The number of aromatic amines is 1. The molecule has 2 N–H and O–H groups in total. The van der Waals surface area contributed by atoms with E-state index < -0.39 is 5.60 Å². The van der Waals surface area contributed by atoms with E-state index >= 15 is 0 Å². The van der Waals surface area contributed by atoms with Gasteiger partial charge in [-0.3, -0.25) is 4.79 Å². The molecule has 2 heterocycles. The average molecular weight is 328 g/mol. The van der Waals surface area contributed by atoms with Crippen LogP contribution < -0.4 is 4.74 Å². The number of amides is 1. The number of carbonyl (C=O) groups excluding carboxylic acids is 1. The molecule has 1 amide bonds. The van der Waals surface area contributed by atoms with Crippen molar-refractivity contribution in [1.29, 1.82) is 0 Å². The lowest BCUT2D eigenvalue weighted by atomic mass is 9.86. The first-order valence-electron chi connectivity index (χ1n) is 8.27. The molecule has 1 aromatic heterocycles. The van der Waals surface area contributed by atoms with Crippen molar-refractivity contribution in [2.45, 2.75) is 38.3 Å². The number of ether oxygens (including phenoxy) is 1. The molecule has 1 saturated heterocycles. The van der Waals surface area contributed by atoms with E-state index in [1.807, 2.05) is 37.3 Å². The lowest BCUT2D eigenvalue weighted by molar-refractivity contribution is -0.0179. The first-order valence-corrected chi connectivity index (χ1v) is 8.27. The van der Waals surface area contributed by atoms with Crippen molar-refractivity contribution in [3.63, 3.8) is 0 Å². The molecule has 5 heteroatoms. The third-order valence-electron chi connectivity index (χ3n) is 5.01. The monoisotopic (exact) mass is 328 g/mol. The maximum Gasteiger partial charge on any atom is 0.270 e. The van der Waals surface area contributed by atoms with E-state index in [9.17, 15) is 9.90 Å². The van der Waals surface area contributed by atoms with Gasteiger partial charge in [-0.05, 0) is 56.0 Å². The fourth-order valence-corrected chi connectivity index (χ4v) is 3.54. The van der Waals surface area contributed by atoms with Gasteiger partial charge in [-0.2, -0.15) is 0 Å². The summed E-state index contributed by atoms with van der Waals surface area (Å²) in [6.07, 6.45) is 3.45. The van der Waals surface area contributed by atoms with Gasteiger partial charge >= 0.3 is 0 Å². The summed E-state index contributed by atoms with van der Waals surface area (Å²) in [4.78, 5) is 17.7. The number of aromatic nitrogens is 1. The third kappa shape index (κ3) is 2.80. The van der Waals surface area contributed by atoms with Gasteiger partial charge in [0.05, 0.1) is 13.2 Å². The second-order valence-corrected chi connectivity index (χ2v) is 6.57. The molecule has 2 atom stereocenters. The number of likely N-dealkylation sites (tertiary alicyclic amines) is 1. The van der Waals surface area contributed by atoms with Gasteiger partial charge in [-0.15, -0.1) is 0 Å². The predicted molar refractivity (Wildman–Crippen MR) is 92.2 cm³/mol. The van der Waals surface area contributed by atoms with E-state index in [-0.39, 0.29) is 11.9 Å². The van der Waals surface area contributed by atoms with Crippen molar-refractivity contribution in [3.8, 4) is 5.75 Å². The minimum absolute atomic E-state index is 0.0474. The van der Waals surface area contributed by atoms with Gasteiger partial charge in [0.25, 0.3) is 5.91 Å². The number of benzene rings is 1. The third-order valence-corrected chi connectivity index (χ3v) is 5.01. The van der Waals surface area contributed by atoms with Gasteiger partial charge in [-0.1, -0.05) is 12.1 Å². The van der Waals surface area contributed by atoms with Gasteiger partial charge in [0.15, 0.2) is 0 Å². The number of rotatable bonds is 4. The van der Waals surface area contributed by atoms with Gasteiger partial charge in [-0.25, -0.2) is 0 Å². The van der Waals surface area contributed by atoms with Crippen LogP contribution in [0.4, 0.5) is 0 Å². The highest BCUT2D eigenvalue weighted by atomic mass is 16.5. The van der Waals surface area contributed by atoms with E-state index in [2.05, 4.69) is 4.98 Å². The van der Waals surface area contributed by atoms with Crippen LogP contribution >= 0.6 is 0 Å². The molecule has 1 fully saturated rings. The average Bonchev–Trinajstić information content (AvgIpc) is 3.23. The second-order valence-electron chi connectivity index (χ2n) is 6.57. The summed E-state index contributed by atoms with van der Waals surface area (Å²) in [5.41, 5.74) is 1.21. The number of aryl methyl sites for hydroxylation is 1. The van der Waals surface area contributed by atoms with Crippen molar-refractivity contribution in [2.75, 3.05) is 13.7 Å².